The zero-order chi connectivity index (χ0) is 8.84. The lowest BCUT2D eigenvalue weighted by molar-refractivity contribution is 0.415. The average molecular weight is 176 g/mol. The third kappa shape index (κ3) is 0.976. The summed E-state index contributed by atoms with van der Waals surface area (Å²) in [6.07, 6.45) is 7.70. The van der Waals surface area contributed by atoms with E-state index in [4.69, 9.17) is 4.98 Å². The maximum atomic E-state index is 4.74. The zero-order valence-electron chi connectivity index (χ0n) is 8.21. The van der Waals surface area contributed by atoms with Gasteiger partial charge in [-0.2, -0.15) is 0 Å². The summed E-state index contributed by atoms with van der Waals surface area (Å²) in [7, 11) is 0. The van der Waals surface area contributed by atoms with Crippen molar-refractivity contribution in [3.05, 3.63) is 17.2 Å². The van der Waals surface area contributed by atoms with Crippen molar-refractivity contribution >= 4 is 0 Å². The highest BCUT2D eigenvalue weighted by Gasteiger charge is 2.26. The van der Waals surface area contributed by atoms with E-state index in [-0.39, 0.29) is 0 Å². The van der Waals surface area contributed by atoms with E-state index >= 15 is 0 Å². The molecule has 0 amide bonds. The molecule has 0 fully saturated rings. The predicted octanol–water partition coefficient (Wildman–Crippen LogP) is 2.27. The molecule has 1 aromatic rings. The van der Waals surface area contributed by atoms with Crippen LogP contribution in [0.1, 0.15) is 49.4 Å². The van der Waals surface area contributed by atoms with Gasteiger partial charge in [0.1, 0.15) is 5.82 Å². The van der Waals surface area contributed by atoms with Gasteiger partial charge in [-0.25, -0.2) is 4.98 Å². The van der Waals surface area contributed by atoms with Gasteiger partial charge in [0.15, 0.2) is 0 Å². The summed E-state index contributed by atoms with van der Waals surface area (Å²) < 4.78 is 2.52. The predicted molar refractivity (Wildman–Crippen MR) is 51.9 cm³/mol. The molecule has 0 N–H and O–H groups in total. The van der Waals surface area contributed by atoms with E-state index in [0.29, 0.717) is 6.04 Å². The summed E-state index contributed by atoms with van der Waals surface area (Å²) in [4.78, 5) is 4.74. The summed E-state index contributed by atoms with van der Waals surface area (Å²) in [5, 5.41) is 0. The summed E-state index contributed by atoms with van der Waals surface area (Å²) >= 11 is 0. The maximum absolute atomic E-state index is 4.74. The highest BCUT2D eigenvalue weighted by Crippen LogP contribution is 2.31. The highest BCUT2D eigenvalue weighted by atomic mass is 15.1. The fourth-order valence-corrected chi connectivity index (χ4v) is 2.84. The van der Waals surface area contributed by atoms with Crippen molar-refractivity contribution in [2.45, 2.75) is 51.5 Å². The van der Waals surface area contributed by atoms with Gasteiger partial charge in [-0.05, 0) is 39.0 Å². The monoisotopic (exact) mass is 176 g/mol. The Balaban J connectivity index is 2.15. The van der Waals surface area contributed by atoms with Crippen molar-refractivity contribution in [2.75, 3.05) is 0 Å². The van der Waals surface area contributed by atoms with E-state index in [2.05, 4.69) is 11.5 Å². The van der Waals surface area contributed by atoms with Crippen molar-refractivity contribution in [1.29, 1.82) is 0 Å². The summed E-state index contributed by atoms with van der Waals surface area (Å²) in [6.45, 7) is 2.34. The third-order valence-electron chi connectivity index (χ3n) is 3.46. The molecule has 0 radical (unpaired) electrons. The maximum Gasteiger partial charge on any atom is 0.109 e. The van der Waals surface area contributed by atoms with Gasteiger partial charge in [-0.1, -0.05) is 0 Å². The van der Waals surface area contributed by atoms with Gasteiger partial charge < -0.3 is 4.57 Å². The molecule has 0 saturated heterocycles. The minimum Gasteiger partial charge on any atom is -0.329 e. The minimum atomic E-state index is 0.707. The van der Waals surface area contributed by atoms with Crippen LogP contribution in [0.25, 0.3) is 0 Å². The Hall–Kier alpha value is -0.790. The van der Waals surface area contributed by atoms with Gasteiger partial charge >= 0.3 is 0 Å². The van der Waals surface area contributed by atoms with Crippen LogP contribution in [-0.4, -0.2) is 9.55 Å². The standard InChI is InChI=1S/C11H16N2/c1-8-4-2-7-11-12-9-5-3-6-10(9)13(8)11/h8H,2-7H2,1H3. The van der Waals surface area contributed by atoms with Crippen molar-refractivity contribution in [2.24, 2.45) is 0 Å². The van der Waals surface area contributed by atoms with Crippen LogP contribution in [-0.2, 0) is 19.3 Å². The Morgan fingerprint density at radius 1 is 1.23 bits per heavy atom. The van der Waals surface area contributed by atoms with Crippen molar-refractivity contribution in [3.8, 4) is 0 Å². The smallest absolute Gasteiger partial charge is 0.109 e. The molecule has 3 rings (SSSR count). The summed E-state index contributed by atoms with van der Waals surface area (Å²) in [5.74, 6) is 1.36. The third-order valence-corrected chi connectivity index (χ3v) is 3.46. The van der Waals surface area contributed by atoms with E-state index in [1.54, 1.807) is 5.69 Å². The van der Waals surface area contributed by atoms with Crippen molar-refractivity contribution in [3.63, 3.8) is 0 Å². The largest absolute Gasteiger partial charge is 0.329 e. The molecule has 2 nitrogen and oxygen atoms in total. The second-order valence-corrected chi connectivity index (χ2v) is 4.39. The lowest BCUT2D eigenvalue weighted by Crippen LogP contribution is -2.17. The summed E-state index contributed by atoms with van der Waals surface area (Å²) in [6, 6.07) is 0.707. The SMILES string of the molecule is CC1CCCc2nc3c(n21)CCC3. The number of imidazole rings is 1. The molecule has 1 atom stereocenters. The van der Waals surface area contributed by atoms with E-state index in [9.17, 15) is 0 Å². The highest BCUT2D eigenvalue weighted by molar-refractivity contribution is 5.24. The summed E-state index contributed by atoms with van der Waals surface area (Å²) in [5.41, 5.74) is 2.96. The second-order valence-electron chi connectivity index (χ2n) is 4.39. The number of hydrogen-bond acceptors (Lipinski definition) is 1. The molecule has 0 aromatic carbocycles. The van der Waals surface area contributed by atoms with Crippen LogP contribution in [0.2, 0.25) is 0 Å². The van der Waals surface area contributed by atoms with Crippen molar-refractivity contribution in [1.82, 2.24) is 9.55 Å². The van der Waals surface area contributed by atoms with Crippen LogP contribution in [0.3, 0.4) is 0 Å². The number of rotatable bonds is 0. The van der Waals surface area contributed by atoms with E-state index in [1.165, 1.54) is 50.0 Å². The molecule has 1 aromatic heterocycles. The molecule has 13 heavy (non-hydrogen) atoms. The van der Waals surface area contributed by atoms with Crippen molar-refractivity contribution < 1.29 is 0 Å². The van der Waals surface area contributed by atoms with Gasteiger partial charge in [0, 0.05) is 18.2 Å². The molecule has 70 valence electrons. The van der Waals surface area contributed by atoms with Crippen LogP contribution in [0.15, 0.2) is 0 Å². The molecule has 2 heteroatoms. The Morgan fingerprint density at radius 3 is 3.08 bits per heavy atom. The number of aromatic nitrogens is 2. The van der Waals surface area contributed by atoms with Crippen LogP contribution in [0.4, 0.5) is 0 Å². The van der Waals surface area contributed by atoms with Crippen LogP contribution in [0, 0.1) is 0 Å². The molecule has 1 unspecified atom stereocenters. The Bertz CT molecular complexity index is 338. The Labute approximate surface area is 79.0 Å². The lowest BCUT2D eigenvalue weighted by atomic mass is 10.1. The first-order chi connectivity index (χ1) is 6.36. The molecule has 1 aliphatic carbocycles. The number of nitrogens with zero attached hydrogens (tertiary/aromatic N) is 2. The van der Waals surface area contributed by atoms with Gasteiger partial charge in [-0.15, -0.1) is 0 Å². The van der Waals surface area contributed by atoms with Crippen LogP contribution < -0.4 is 0 Å². The van der Waals surface area contributed by atoms with E-state index < -0.39 is 0 Å². The molecule has 2 heterocycles. The first kappa shape index (κ1) is 7.60. The van der Waals surface area contributed by atoms with Gasteiger partial charge in [0.25, 0.3) is 0 Å². The molecule has 0 bridgehead atoms. The quantitative estimate of drug-likeness (QED) is 0.593. The molecule has 0 spiro atoms. The number of fused-ring (bicyclic) bond motifs is 3. The molecule has 0 saturated carbocycles. The first-order valence-corrected chi connectivity index (χ1v) is 5.45. The molecular weight excluding hydrogens is 160 g/mol. The normalized spacial score (nSPS) is 25.8. The van der Waals surface area contributed by atoms with E-state index in [0.717, 1.165) is 0 Å². The minimum absolute atomic E-state index is 0.707. The molecule has 2 aliphatic rings. The van der Waals surface area contributed by atoms with E-state index in [1.807, 2.05) is 0 Å². The van der Waals surface area contributed by atoms with Crippen LogP contribution >= 0.6 is 0 Å². The van der Waals surface area contributed by atoms with Gasteiger partial charge in [0.05, 0.1) is 5.69 Å². The second kappa shape index (κ2) is 2.60. The zero-order valence-corrected chi connectivity index (χ0v) is 8.21. The number of hydrogen-bond donors (Lipinski definition) is 0. The van der Waals surface area contributed by atoms with Crippen LogP contribution in [0.5, 0.6) is 0 Å². The van der Waals surface area contributed by atoms with Gasteiger partial charge in [0.2, 0.25) is 0 Å². The lowest BCUT2D eigenvalue weighted by Gasteiger charge is -2.23. The molecular formula is C11H16N2. The topological polar surface area (TPSA) is 17.8 Å². The van der Waals surface area contributed by atoms with Gasteiger partial charge in [-0.3, -0.25) is 0 Å². The average Bonchev–Trinajstić information content (AvgIpc) is 2.62. The Kier molecular flexibility index (Phi) is 1.52. The Morgan fingerprint density at radius 2 is 2.15 bits per heavy atom. The number of aryl methyl sites for hydroxylation is 2. The fraction of sp³-hybridized carbons (Fsp3) is 0.727. The molecule has 1 aliphatic heterocycles. The fourth-order valence-electron chi connectivity index (χ4n) is 2.84. The first-order valence-electron chi connectivity index (χ1n) is 5.45.